The summed E-state index contributed by atoms with van der Waals surface area (Å²) in [6, 6.07) is 0.221. The minimum absolute atomic E-state index is 0.0530. The summed E-state index contributed by atoms with van der Waals surface area (Å²) in [4.78, 5) is 6.89. The van der Waals surface area contributed by atoms with Gasteiger partial charge in [-0.1, -0.05) is 20.8 Å². The molecule has 0 aliphatic carbocycles. The molecule has 144 valence electrons. The minimum Gasteiger partial charge on any atom is -0.379 e. The van der Waals surface area contributed by atoms with Crippen molar-refractivity contribution in [2.75, 3.05) is 40.8 Å². The summed E-state index contributed by atoms with van der Waals surface area (Å²) in [6.07, 6.45) is 4.04. The summed E-state index contributed by atoms with van der Waals surface area (Å²) >= 11 is 0. The van der Waals surface area contributed by atoms with Crippen LogP contribution in [-0.4, -0.2) is 67.6 Å². The number of methoxy groups -OCH3 is 1. The van der Waals surface area contributed by atoms with Crippen molar-refractivity contribution in [3.63, 3.8) is 0 Å². The standard InChI is InChI=1S/C18H36N6O/c1-9-19-17(21-12-16(25-8)18(2,3)4)20-11-15(23(5)6)14-10-22-24(7)13-14/h10,13,15-16H,9,11-12H2,1-8H3,(H2,19,20,21). The van der Waals surface area contributed by atoms with E-state index in [0.717, 1.165) is 19.0 Å². The van der Waals surface area contributed by atoms with Crippen LogP contribution in [0.15, 0.2) is 17.4 Å². The first-order chi connectivity index (χ1) is 11.7. The van der Waals surface area contributed by atoms with E-state index in [4.69, 9.17) is 9.73 Å². The topological polar surface area (TPSA) is 66.7 Å². The van der Waals surface area contributed by atoms with Gasteiger partial charge in [0.15, 0.2) is 5.96 Å². The van der Waals surface area contributed by atoms with Crippen LogP contribution in [0.2, 0.25) is 0 Å². The van der Waals surface area contributed by atoms with Crippen LogP contribution in [-0.2, 0) is 11.8 Å². The number of hydrogen-bond donors (Lipinski definition) is 2. The van der Waals surface area contributed by atoms with Gasteiger partial charge in [0, 0.05) is 39.0 Å². The van der Waals surface area contributed by atoms with E-state index in [-0.39, 0.29) is 17.6 Å². The fourth-order valence-electron chi connectivity index (χ4n) is 2.62. The third-order valence-electron chi connectivity index (χ3n) is 4.21. The molecule has 0 aliphatic rings. The van der Waals surface area contributed by atoms with Crippen molar-refractivity contribution in [3.8, 4) is 0 Å². The van der Waals surface area contributed by atoms with Crippen LogP contribution in [0.1, 0.15) is 39.3 Å². The van der Waals surface area contributed by atoms with E-state index in [1.54, 1.807) is 7.11 Å². The van der Waals surface area contributed by atoms with Gasteiger partial charge in [0.2, 0.25) is 0 Å². The molecule has 1 rings (SSSR count). The second-order valence-corrected chi connectivity index (χ2v) is 7.62. The van der Waals surface area contributed by atoms with Crippen LogP contribution in [0.3, 0.4) is 0 Å². The van der Waals surface area contributed by atoms with Crippen LogP contribution in [0.5, 0.6) is 0 Å². The van der Waals surface area contributed by atoms with E-state index < -0.39 is 0 Å². The van der Waals surface area contributed by atoms with Gasteiger partial charge >= 0.3 is 0 Å². The number of aryl methyl sites for hydroxylation is 1. The van der Waals surface area contributed by atoms with E-state index in [2.05, 4.69) is 68.6 Å². The Labute approximate surface area is 152 Å². The number of likely N-dealkylation sites (N-methyl/N-ethyl adjacent to an activating group) is 1. The molecule has 0 amide bonds. The fourth-order valence-corrected chi connectivity index (χ4v) is 2.62. The van der Waals surface area contributed by atoms with Crippen LogP contribution in [0.25, 0.3) is 0 Å². The van der Waals surface area contributed by atoms with Gasteiger partial charge in [-0.25, -0.2) is 0 Å². The molecule has 0 aliphatic heterocycles. The van der Waals surface area contributed by atoms with Crippen LogP contribution >= 0.6 is 0 Å². The molecule has 0 fully saturated rings. The summed E-state index contributed by atoms with van der Waals surface area (Å²) in [7, 11) is 7.83. The van der Waals surface area contributed by atoms with Crippen LogP contribution in [0.4, 0.5) is 0 Å². The lowest BCUT2D eigenvalue weighted by Crippen LogP contribution is -2.42. The second-order valence-electron chi connectivity index (χ2n) is 7.62. The van der Waals surface area contributed by atoms with Gasteiger partial charge in [0.05, 0.1) is 24.9 Å². The zero-order chi connectivity index (χ0) is 19.0. The lowest BCUT2D eigenvalue weighted by molar-refractivity contribution is 0.0241. The molecule has 7 heteroatoms. The molecule has 1 aromatic rings. The first-order valence-electron chi connectivity index (χ1n) is 8.89. The first-order valence-corrected chi connectivity index (χ1v) is 8.89. The van der Waals surface area contributed by atoms with Gasteiger partial charge in [-0.05, 0) is 26.4 Å². The molecule has 1 heterocycles. The molecule has 2 N–H and O–H groups in total. The lowest BCUT2D eigenvalue weighted by atomic mass is 9.89. The van der Waals surface area contributed by atoms with E-state index in [9.17, 15) is 0 Å². The molecule has 2 unspecified atom stereocenters. The Morgan fingerprint density at radius 2 is 2.04 bits per heavy atom. The highest BCUT2D eigenvalue weighted by atomic mass is 16.5. The number of guanidine groups is 1. The summed E-state index contributed by atoms with van der Waals surface area (Å²) in [5.41, 5.74) is 1.23. The zero-order valence-corrected chi connectivity index (χ0v) is 17.1. The average molecular weight is 353 g/mol. The van der Waals surface area contributed by atoms with Crippen LogP contribution < -0.4 is 10.6 Å². The van der Waals surface area contributed by atoms with E-state index in [1.165, 1.54) is 5.56 Å². The largest absolute Gasteiger partial charge is 0.379 e. The Bertz CT molecular complexity index is 532. The van der Waals surface area contributed by atoms with Crippen molar-refractivity contribution in [3.05, 3.63) is 18.0 Å². The predicted molar refractivity (Wildman–Crippen MR) is 104 cm³/mol. The van der Waals surface area contributed by atoms with Crippen molar-refractivity contribution >= 4 is 5.96 Å². The van der Waals surface area contributed by atoms with Gasteiger partial charge in [-0.3, -0.25) is 9.67 Å². The number of ether oxygens (including phenoxy) is 1. The smallest absolute Gasteiger partial charge is 0.191 e. The maximum absolute atomic E-state index is 5.60. The quantitative estimate of drug-likeness (QED) is 0.550. The minimum atomic E-state index is 0.0530. The number of nitrogens with zero attached hydrogens (tertiary/aromatic N) is 4. The molecule has 0 saturated carbocycles. The Morgan fingerprint density at radius 1 is 1.36 bits per heavy atom. The Morgan fingerprint density at radius 3 is 2.48 bits per heavy atom. The summed E-state index contributed by atoms with van der Waals surface area (Å²) < 4.78 is 7.43. The highest BCUT2D eigenvalue weighted by Crippen LogP contribution is 2.22. The molecule has 0 aromatic carbocycles. The van der Waals surface area contributed by atoms with Gasteiger partial charge in [0.1, 0.15) is 0 Å². The first kappa shape index (κ1) is 21.4. The van der Waals surface area contributed by atoms with Crippen LogP contribution in [0, 0.1) is 5.41 Å². The summed E-state index contributed by atoms with van der Waals surface area (Å²) in [5, 5.41) is 11.0. The number of rotatable bonds is 8. The zero-order valence-electron chi connectivity index (χ0n) is 17.1. The number of aromatic nitrogens is 2. The molecular weight excluding hydrogens is 316 g/mol. The van der Waals surface area contributed by atoms with E-state index in [1.807, 2.05) is 17.9 Å². The van der Waals surface area contributed by atoms with Gasteiger partial charge in [0.25, 0.3) is 0 Å². The normalized spacial score (nSPS) is 15.3. The number of nitrogens with one attached hydrogen (secondary N) is 2. The van der Waals surface area contributed by atoms with E-state index in [0.29, 0.717) is 6.54 Å². The molecule has 0 bridgehead atoms. The van der Waals surface area contributed by atoms with Gasteiger partial charge in [-0.15, -0.1) is 0 Å². The molecule has 0 radical (unpaired) electrons. The van der Waals surface area contributed by atoms with Gasteiger partial charge in [-0.2, -0.15) is 5.10 Å². The van der Waals surface area contributed by atoms with Crippen molar-refractivity contribution in [2.24, 2.45) is 17.5 Å². The maximum Gasteiger partial charge on any atom is 0.191 e. The summed E-state index contributed by atoms with van der Waals surface area (Å²) in [5.74, 6) is 0.810. The molecule has 0 spiro atoms. The monoisotopic (exact) mass is 352 g/mol. The van der Waals surface area contributed by atoms with Gasteiger partial charge < -0.3 is 20.3 Å². The molecule has 1 aromatic heterocycles. The van der Waals surface area contributed by atoms with Crippen molar-refractivity contribution in [1.29, 1.82) is 0 Å². The molecule has 2 atom stereocenters. The predicted octanol–water partition coefficient (Wildman–Crippen LogP) is 1.64. The highest BCUT2D eigenvalue weighted by molar-refractivity contribution is 5.79. The third kappa shape index (κ3) is 7.04. The maximum atomic E-state index is 5.60. The van der Waals surface area contributed by atoms with Crippen molar-refractivity contribution in [2.45, 2.75) is 39.8 Å². The average Bonchev–Trinajstić information content (AvgIpc) is 2.92. The Kier molecular flexibility index (Phi) is 8.38. The fraction of sp³-hybridized carbons (Fsp3) is 0.778. The van der Waals surface area contributed by atoms with E-state index >= 15 is 0 Å². The molecule has 7 nitrogen and oxygen atoms in total. The number of hydrogen-bond acceptors (Lipinski definition) is 4. The molecular formula is C18H36N6O. The van der Waals surface area contributed by atoms with Crippen molar-refractivity contribution < 1.29 is 4.74 Å². The van der Waals surface area contributed by atoms with Crippen molar-refractivity contribution in [1.82, 2.24) is 25.3 Å². The third-order valence-corrected chi connectivity index (χ3v) is 4.21. The lowest BCUT2D eigenvalue weighted by Gasteiger charge is -2.28. The Balaban J connectivity index is 2.77. The number of aliphatic imine (C=N–C) groups is 1. The molecule has 25 heavy (non-hydrogen) atoms. The second kappa shape index (κ2) is 9.77. The Hall–Kier alpha value is -1.60. The molecule has 0 saturated heterocycles. The highest BCUT2D eigenvalue weighted by Gasteiger charge is 2.24. The summed E-state index contributed by atoms with van der Waals surface area (Å²) in [6.45, 7) is 10.8. The SMILES string of the molecule is CCNC(=NCC(OC)C(C)(C)C)NCC(c1cnn(C)c1)N(C)C.